The van der Waals surface area contributed by atoms with Crippen LogP contribution < -0.4 is 31.5 Å². The second-order valence-electron chi connectivity index (χ2n) is 13.1. The lowest BCUT2D eigenvalue weighted by Crippen LogP contribution is -2.55. The summed E-state index contributed by atoms with van der Waals surface area (Å²) in [5, 5.41) is 14.8. The van der Waals surface area contributed by atoms with Gasteiger partial charge in [0.15, 0.2) is 0 Å². The van der Waals surface area contributed by atoms with Gasteiger partial charge in [-0.2, -0.15) is 0 Å². The zero-order valence-electron chi connectivity index (χ0n) is 30.1. The number of rotatable bonds is 16. The fraction of sp³-hybridized carbons (Fsp3) is 0.421. The standard InChI is InChI=1S/C38H49N7O6/c1-7-39-37(49)33(23(2)3)44-34(46)26(6)41-21-31(20-30-15-11-12-16-40-30)43-36(48)29-17-28(18-32(19-29)45-24(4)22-51-38(45)50)35(47)42-25(5)27-13-9-8-10-14-27/h8-19,23-26,31,33,41H,7,20-22H2,1-6H3,(H,39,49)(H,42,47)(H,43,48)(H,44,46)/t24?,25-,26+,31+,33+/m1/s1. The van der Waals surface area contributed by atoms with E-state index in [1.807, 2.05) is 77.1 Å². The summed E-state index contributed by atoms with van der Waals surface area (Å²) in [6, 6.07) is 17.0. The van der Waals surface area contributed by atoms with Crippen molar-refractivity contribution in [2.45, 2.75) is 78.2 Å². The molecule has 0 saturated carbocycles. The number of hydrogen-bond acceptors (Lipinski definition) is 8. The van der Waals surface area contributed by atoms with Gasteiger partial charge in [-0.05, 0) is 69.5 Å². The van der Waals surface area contributed by atoms with E-state index >= 15 is 0 Å². The highest BCUT2D eigenvalue weighted by Crippen LogP contribution is 2.26. The van der Waals surface area contributed by atoms with E-state index in [9.17, 15) is 24.0 Å². The van der Waals surface area contributed by atoms with E-state index in [0.717, 1.165) is 11.3 Å². The Kier molecular flexibility index (Phi) is 13.7. The Hall–Kier alpha value is -5.30. The first kappa shape index (κ1) is 38.5. The first-order chi connectivity index (χ1) is 24.4. The van der Waals surface area contributed by atoms with E-state index in [2.05, 4.69) is 31.6 Å². The van der Waals surface area contributed by atoms with Crippen LogP contribution in [0.1, 0.15) is 79.6 Å². The molecular formula is C38H49N7O6. The molecule has 1 saturated heterocycles. The molecule has 0 bridgehead atoms. The predicted molar refractivity (Wildman–Crippen MR) is 194 cm³/mol. The summed E-state index contributed by atoms with van der Waals surface area (Å²) in [7, 11) is 0. The molecule has 0 radical (unpaired) electrons. The van der Waals surface area contributed by atoms with E-state index in [1.165, 1.54) is 11.0 Å². The maximum absolute atomic E-state index is 14.0. The van der Waals surface area contributed by atoms with Crippen molar-refractivity contribution in [1.29, 1.82) is 0 Å². The molecule has 4 rings (SSSR count). The van der Waals surface area contributed by atoms with E-state index in [-0.39, 0.29) is 54.1 Å². The molecule has 13 heteroatoms. The first-order valence-electron chi connectivity index (χ1n) is 17.4. The Bertz CT molecular complexity index is 1670. The van der Waals surface area contributed by atoms with Gasteiger partial charge in [-0.1, -0.05) is 50.2 Å². The van der Waals surface area contributed by atoms with Crippen molar-refractivity contribution in [2.75, 3.05) is 24.6 Å². The summed E-state index contributed by atoms with van der Waals surface area (Å²) in [6.45, 7) is 11.7. The number of nitrogens with one attached hydrogen (secondary N) is 5. The molecule has 1 aromatic heterocycles. The van der Waals surface area contributed by atoms with E-state index in [0.29, 0.717) is 18.7 Å². The van der Waals surface area contributed by atoms with Crippen molar-refractivity contribution >= 4 is 35.4 Å². The lowest BCUT2D eigenvalue weighted by atomic mass is 10.0. The van der Waals surface area contributed by atoms with Gasteiger partial charge in [-0.3, -0.25) is 29.1 Å². The second kappa shape index (κ2) is 18.1. The first-order valence-corrected chi connectivity index (χ1v) is 17.4. The Morgan fingerprint density at radius 3 is 2.14 bits per heavy atom. The molecular weight excluding hydrogens is 650 g/mol. The molecule has 2 aromatic carbocycles. The van der Waals surface area contributed by atoms with Gasteiger partial charge in [-0.15, -0.1) is 0 Å². The highest BCUT2D eigenvalue weighted by Gasteiger charge is 2.32. The predicted octanol–water partition coefficient (Wildman–Crippen LogP) is 3.51. The Labute approximate surface area is 299 Å². The molecule has 1 unspecified atom stereocenters. The number of amides is 5. The Morgan fingerprint density at radius 2 is 1.55 bits per heavy atom. The van der Waals surface area contributed by atoms with Gasteiger partial charge in [0, 0.05) is 54.3 Å². The largest absolute Gasteiger partial charge is 0.447 e. The molecule has 5 atom stereocenters. The number of hydrogen-bond donors (Lipinski definition) is 5. The van der Waals surface area contributed by atoms with Gasteiger partial charge < -0.3 is 31.3 Å². The number of carbonyl (C=O) groups excluding carboxylic acids is 5. The number of nitrogens with zero attached hydrogens (tertiary/aromatic N) is 2. The molecule has 1 fully saturated rings. The molecule has 2 heterocycles. The van der Waals surface area contributed by atoms with Crippen LogP contribution in [0.3, 0.4) is 0 Å². The number of ether oxygens (including phenoxy) is 1. The smallest absolute Gasteiger partial charge is 0.414 e. The van der Waals surface area contributed by atoms with Gasteiger partial charge in [-0.25, -0.2) is 4.79 Å². The van der Waals surface area contributed by atoms with Crippen molar-refractivity contribution in [1.82, 2.24) is 31.6 Å². The summed E-state index contributed by atoms with van der Waals surface area (Å²) in [5.41, 5.74) is 2.34. The lowest BCUT2D eigenvalue weighted by molar-refractivity contribution is -0.130. The van der Waals surface area contributed by atoms with Crippen molar-refractivity contribution in [2.24, 2.45) is 5.92 Å². The van der Waals surface area contributed by atoms with E-state index in [1.54, 1.807) is 31.3 Å². The number of cyclic esters (lactones) is 1. The van der Waals surface area contributed by atoms with Crippen molar-refractivity contribution < 1.29 is 28.7 Å². The zero-order valence-corrected chi connectivity index (χ0v) is 30.1. The van der Waals surface area contributed by atoms with Crippen LogP contribution in [0.15, 0.2) is 72.9 Å². The SMILES string of the molecule is CCNC(=O)[C@@H](NC(=O)[C@H](C)NC[C@H](Cc1ccccn1)NC(=O)c1cc(C(=O)N[C@H](C)c2ccccc2)cc(N2C(=O)OCC2C)c1)C(C)C. The minimum atomic E-state index is -0.698. The highest BCUT2D eigenvalue weighted by molar-refractivity contribution is 6.03. The third-order valence-corrected chi connectivity index (χ3v) is 8.63. The normalized spacial score (nSPS) is 16.4. The molecule has 5 N–H and O–H groups in total. The summed E-state index contributed by atoms with van der Waals surface area (Å²) >= 11 is 0. The number of likely N-dealkylation sites (N-methyl/N-ethyl adjacent to an activating group) is 1. The second-order valence-corrected chi connectivity index (χ2v) is 13.1. The van der Waals surface area contributed by atoms with Crippen LogP contribution in [0.5, 0.6) is 0 Å². The maximum atomic E-state index is 14.0. The number of anilines is 1. The van der Waals surface area contributed by atoms with Crippen LogP contribution in [0.2, 0.25) is 0 Å². The van der Waals surface area contributed by atoms with Crippen molar-refractivity contribution in [3.63, 3.8) is 0 Å². The molecule has 51 heavy (non-hydrogen) atoms. The topological polar surface area (TPSA) is 171 Å². The number of carbonyl (C=O) groups is 5. The summed E-state index contributed by atoms with van der Waals surface area (Å²) in [6.07, 6.45) is 1.42. The third-order valence-electron chi connectivity index (χ3n) is 8.63. The molecule has 0 spiro atoms. The fourth-order valence-corrected chi connectivity index (χ4v) is 5.72. The van der Waals surface area contributed by atoms with Crippen LogP contribution in [0.4, 0.5) is 10.5 Å². The van der Waals surface area contributed by atoms with Gasteiger partial charge in [0.25, 0.3) is 11.8 Å². The monoisotopic (exact) mass is 699 g/mol. The third kappa shape index (κ3) is 10.6. The van der Waals surface area contributed by atoms with Gasteiger partial charge in [0.05, 0.1) is 18.1 Å². The molecule has 5 amide bonds. The van der Waals surface area contributed by atoms with Crippen LogP contribution in [-0.4, -0.2) is 78.6 Å². The van der Waals surface area contributed by atoms with E-state index < -0.39 is 36.0 Å². The molecule has 272 valence electrons. The van der Waals surface area contributed by atoms with Crippen molar-refractivity contribution in [3.05, 3.63) is 95.3 Å². The maximum Gasteiger partial charge on any atom is 0.414 e. The van der Waals surface area contributed by atoms with Crippen LogP contribution in [0.25, 0.3) is 0 Å². The molecule has 1 aliphatic heterocycles. The minimum Gasteiger partial charge on any atom is -0.447 e. The Balaban J connectivity index is 1.56. The van der Waals surface area contributed by atoms with Gasteiger partial charge >= 0.3 is 6.09 Å². The number of pyridine rings is 1. The quantitative estimate of drug-likeness (QED) is 0.151. The summed E-state index contributed by atoms with van der Waals surface area (Å²) in [4.78, 5) is 71.8. The Morgan fingerprint density at radius 1 is 0.882 bits per heavy atom. The van der Waals surface area contributed by atoms with Crippen molar-refractivity contribution in [3.8, 4) is 0 Å². The molecule has 0 aliphatic carbocycles. The van der Waals surface area contributed by atoms with Crippen LogP contribution in [-0.2, 0) is 20.7 Å². The average Bonchev–Trinajstić information content (AvgIpc) is 3.46. The summed E-state index contributed by atoms with van der Waals surface area (Å²) in [5.74, 6) is -1.64. The van der Waals surface area contributed by atoms with Gasteiger partial charge in [0.2, 0.25) is 11.8 Å². The zero-order chi connectivity index (χ0) is 37.1. The number of aromatic nitrogens is 1. The summed E-state index contributed by atoms with van der Waals surface area (Å²) < 4.78 is 5.24. The number of benzene rings is 2. The highest BCUT2D eigenvalue weighted by atomic mass is 16.6. The molecule has 13 nitrogen and oxygen atoms in total. The van der Waals surface area contributed by atoms with E-state index in [4.69, 9.17) is 4.74 Å². The molecule has 1 aliphatic rings. The van der Waals surface area contributed by atoms with Crippen LogP contribution >= 0.6 is 0 Å². The lowest BCUT2D eigenvalue weighted by Gasteiger charge is -2.25. The molecule has 3 aromatic rings. The average molecular weight is 700 g/mol. The van der Waals surface area contributed by atoms with Crippen LogP contribution in [0, 0.1) is 5.92 Å². The minimum absolute atomic E-state index is 0.126. The fourth-order valence-electron chi connectivity index (χ4n) is 5.72. The van der Waals surface area contributed by atoms with Gasteiger partial charge in [0.1, 0.15) is 12.6 Å².